The van der Waals surface area contributed by atoms with Gasteiger partial charge in [0, 0.05) is 24.9 Å². The van der Waals surface area contributed by atoms with Gasteiger partial charge in [-0.15, -0.1) is 0 Å². The van der Waals surface area contributed by atoms with Gasteiger partial charge in [0.15, 0.2) is 5.05 Å². The average molecular weight is 546 g/mol. The number of carbonyl (C=O) groups is 1. The Hall–Kier alpha value is -2.05. The van der Waals surface area contributed by atoms with Crippen molar-refractivity contribution in [1.29, 1.82) is 0 Å². The summed E-state index contributed by atoms with van der Waals surface area (Å²) in [6, 6.07) is 2.76. The average Bonchev–Trinajstić information content (AvgIpc) is 2.96. The Labute approximate surface area is 192 Å². The van der Waals surface area contributed by atoms with E-state index < -0.39 is 17.7 Å². The van der Waals surface area contributed by atoms with Crippen LogP contribution in [0.4, 0.5) is 8.78 Å². The minimum Gasteiger partial charge on any atom is -0.481 e. The quantitative estimate of drug-likeness (QED) is 0.290. The molecule has 2 aliphatic rings. The number of carbonyl (C=O) groups excluding carboxylic acids is 1. The lowest BCUT2D eigenvalue weighted by Gasteiger charge is -2.19. The normalized spacial score (nSPS) is 17.6. The van der Waals surface area contributed by atoms with Crippen molar-refractivity contribution in [2.45, 2.75) is 19.4 Å². The molecule has 1 aromatic rings. The molecule has 0 spiro atoms. The van der Waals surface area contributed by atoms with Crippen LogP contribution in [-0.2, 0) is 16.0 Å². The number of nitrogens with two attached hydrogens (primary N) is 1. The molecule has 2 heterocycles. The fraction of sp³-hybridized carbons (Fsp3) is 0.300. The van der Waals surface area contributed by atoms with Crippen LogP contribution < -0.4 is 16.5 Å². The second-order valence-electron chi connectivity index (χ2n) is 6.89. The molecule has 3 rings (SSSR count). The summed E-state index contributed by atoms with van der Waals surface area (Å²) in [5.41, 5.74) is 11.8. The molecule has 6 nitrogen and oxygen atoms in total. The number of hydrazine groups is 1. The Balaban J connectivity index is 1.78. The largest absolute Gasteiger partial charge is 0.481 e. The maximum absolute atomic E-state index is 13.4. The molecule has 160 valence electrons. The number of hydrogen-bond acceptors (Lipinski definition) is 6. The number of fused-ring (bicyclic) bond motifs is 1. The zero-order valence-corrected chi connectivity index (χ0v) is 19.1. The minimum atomic E-state index is -0.671. The van der Waals surface area contributed by atoms with E-state index in [1.54, 1.807) is 6.08 Å². The Morgan fingerprint density at radius 2 is 2.13 bits per heavy atom. The summed E-state index contributed by atoms with van der Waals surface area (Å²) in [7, 11) is 0. The molecule has 0 aromatic heterocycles. The lowest BCUT2D eigenvalue weighted by molar-refractivity contribution is -0.117. The Morgan fingerprint density at radius 1 is 1.43 bits per heavy atom. The van der Waals surface area contributed by atoms with E-state index in [2.05, 4.69) is 10.7 Å². The third-order valence-electron chi connectivity index (χ3n) is 4.62. The number of halogens is 3. The van der Waals surface area contributed by atoms with Crippen LogP contribution in [0.25, 0.3) is 0 Å². The molecule has 0 saturated carbocycles. The molecule has 4 N–H and O–H groups in total. The first kappa shape index (κ1) is 22.6. The van der Waals surface area contributed by atoms with Crippen molar-refractivity contribution in [2.24, 2.45) is 5.73 Å². The van der Waals surface area contributed by atoms with Crippen LogP contribution in [0.5, 0.6) is 0 Å². The van der Waals surface area contributed by atoms with E-state index in [-0.39, 0.29) is 18.9 Å². The maximum Gasteiger partial charge on any atom is 0.257 e. The molecular formula is C20H21F2IN4O2S. The number of allylic oxidation sites excluding steroid dienone is 1. The number of nitrogens with one attached hydrogen (secondary N) is 2. The lowest BCUT2D eigenvalue weighted by atomic mass is 10.1. The highest BCUT2D eigenvalue weighted by molar-refractivity contribution is 14.1. The Morgan fingerprint density at radius 3 is 2.80 bits per heavy atom. The zero-order chi connectivity index (χ0) is 21.8. The van der Waals surface area contributed by atoms with Crippen LogP contribution in [0.3, 0.4) is 0 Å². The van der Waals surface area contributed by atoms with E-state index in [9.17, 15) is 13.6 Å². The van der Waals surface area contributed by atoms with Gasteiger partial charge in [-0.2, -0.15) is 0 Å². The molecule has 0 radical (unpaired) electrons. The number of amides is 1. The molecule has 0 bridgehead atoms. The van der Waals surface area contributed by atoms with Crippen LogP contribution >= 0.6 is 34.8 Å². The van der Waals surface area contributed by atoms with Gasteiger partial charge in [-0.05, 0) is 77.5 Å². The summed E-state index contributed by atoms with van der Waals surface area (Å²) >= 11 is 7.31. The first-order valence-corrected chi connectivity index (χ1v) is 10.7. The second-order valence-corrected chi connectivity index (χ2v) is 8.42. The van der Waals surface area contributed by atoms with Gasteiger partial charge in [0.05, 0.1) is 21.4 Å². The van der Waals surface area contributed by atoms with Crippen LogP contribution in [0, 0.1) is 11.6 Å². The van der Waals surface area contributed by atoms with Crippen LogP contribution in [0.1, 0.15) is 12.5 Å². The van der Waals surface area contributed by atoms with Gasteiger partial charge in [0.1, 0.15) is 18.2 Å². The van der Waals surface area contributed by atoms with Gasteiger partial charge in [-0.1, -0.05) is 0 Å². The van der Waals surface area contributed by atoms with E-state index in [4.69, 9.17) is 22.7 Å². The first-order chi connectivity index (χ1) is 14.3. The molecule has 1 aromatic carbocycles. The van der Waals surface area contributed by atoms with Gasteiger partial charge in [0.2, 0.25) is 0 Å². The van der Waals surface area contributed by atoms with Crippen molar-refractivity contribution < 1.29 is 18.3 Å². The molecule has 30 heavy (non-hydrogen) atoms. The van der Waals surface area contributed by atoms with Crippen LogP contribution in [0.15, 0.2) is 50.9 Å². The number of rotatable bonds is 6. The first-order valence-electron chi connectivity index (χ1n) is 9.24. The van der Waals surface area contributed by atoms with Crippen molar-refractivity contribution in [1.82, 2.24) is 15.8 Å². The van der Waals surface area contributed by atoms with E-state index >= 15 is 0 Å². The van der Waals surface area contributed by atoms with Gasteiger partial charge in [0.25, 0.3) is 5.91 Å². The number of benzene rings is 1. The fourth-order valence-corrected chi connectivity index (χ4v) is 3.95. The summed E-state index contributed by atoms with van der Waals surface area (Å²) in [6.07, 6.45) is 3.74. The van der Waals surface area contributed by atoms with E-state index in [1.165, 1.54) is 12.1 Å². The number of thiocarbonyl (C=S) groups is 1. The standard InChI is InChI=1S/C20H21F2IN4O2S/c1-11-10-25-27-2-3-29-20(30)16(18(11)27)8-17(23)19(28)26-15(9-24)6-12-4-13(21)7-14(22)5-12/h4-5,7-8,10,15,25H,2-3,6,9,24H2,1H3,(H,26,28)/b17-8-/t15-/m0/s1. The zero-order valence-electron chi connectivity index (χ0n) is 16.2. The Kier molecular flexibility index (Phi) is 7.42. The molecule has 2 aliphatic heterocycles. The van der Waals surface area contributed by atoms with Gasteiger partial charge in [-0.3, -0.25) is 9.80 Å². The highest BCUT2D eigenvalue weighted by Crippen LogP contribution is 2.28. The molecule has 0 unspecified atom stereocenters. The van der Waals surface area contributed by atoms with E-state index in [0.717, 1.165) is 17.3 Å². The smallest absolute Gasteiger partial charge is 0.257 e. The molecule has 1 atom stereocenters. The number of hydrogen-bond donors (Lipinski definition) is 3. The highest BCUT2D eigenvalue weighted by Gasteiger charge is 2.27. The highest BCUT2D eigenvalue weighted by atomic mass is 127. The molecule has 1 amide bonds. The van der Waals surface area contributed by atoms with E-state index in [0.29, 0.717) is 32.9 Å². The maximum atomic E-state index is 13.4. The third kappa shape index (κ3) is 5.35. The number of ether oxygens (including phenoxy) is 1. The molecule has 0 saturated heterocycles. The predicted octanol–water partition coefficient (Wildman–Crippen LogP) is 2.61. The van der Waals surface area contributed by atoms with Gasteiger partial charge >= 0.3 is 0 Å². The molecular weight excluding hydrogens is 525 g/mol. The van der Waals surface area contributed by atoms with E-state index in [1.807, 2.05) is 40.7 Å². The lowest BCUT2D eigenvalue weighted by Crippen LogP contribution is -2.41. The number of nitrogens with zero attached hydrogens (tertiary/aromatic N) is 1. The van der Waals surface area contributed by atoms with Crippen molar-refractivity contribution in [3.05, 3.63) is 68.1 Å². The topological polar surface area (TPSA) is 79.6 Å². The summed E-state index contributed by atoms with van der Waals surface area (Å²) in [4.78, 5) is 12.7. The van der Waals surface area contributed by atoms with Gasteiger partial charge in [-0.25, -0.2) is 8.78 Å². The van der Waals surface area contributed by atoms with Crippen molar-refractivity contribution >= 4 is 45.8 Å². The second kappa shape index (κ2) is 9.84. The summed E-state index contributed by atoms with van der Waals surface area (Å²) in [6.45, 7) is 3.10. The van der Waals surface area contributed by atoms with Crippen LogP contribution in [-0.4, -0.2) is 41.7 Å². The summed E-state index contributed by atoms with van der Waals surface area (Å²) < 4.78 is 32.8. The molecule has 10 heteroatoms. The predicted molar refractivity (Wildman–Crippen MR) is 122 cm³/mol. The van der Waals surface area contributed by atoms with Crippen LogP contribution in [0.2, 0.25) is 0 Å². The summed E-state index contributed by atoms with van der Waals surface area (Å²) in [5, 5.41) is 5.05. The molecule has 0 fully saturated rings. The SMILES string of the molecule is CC1=CNN2CCOC(=S)C(/C=C(\I)C(=O)N[C@H](CN)Cc3cc(F)cc(F)c3)=C12. The van der Waals surface area contributed by atoms with Crippen molar-refractivity contribution in [2.75, 3.05) is 19.7 Å². The van der Waals surface area contributed by atoms with Crippen molar-refractivity contribution in [3.63, 3.8) is 0 Å². The third-order valence-corrected chi connectivity index (χ3v) is 5.75. The molecule has 0 aliphatic carbocycles. The minimum absolute atomic E-state index is 0.114. The Bertz CT molecular complexity index is 944. The summed E-state index contributed by atoms with van der Waals surface area (Å²) in [5.74, 6) is -1.70. The van der Waals surface area contributed by atoms with Crippen molar-refractivity contribution in [3.8, 4) is 0 Å². The van der Waals surface area contributed by atoms with Gasteiger partial charge < -0.3 is 21.2 Å². The fourth-order valence-electron chi connectivity index (χ4n) is 3.24. The monoisotopic (exact) mass is 546 g/mol.